The Labute approximate surface area is 178 Å². The fourth-order valence-electron chi connectivity index (χ4n) is 3.58. The molecule has 4 heterocycles. The van der Waals surface area contributed by atoms with Crippen LogP contribution in [0.5, 0.6) is 0 Å². The van der Waals surface area contributed by atoms with E-state index in [1.807, 2.05) is 36.9 Å². The Morgan fingerprint density at radius 3 is 2.83 bits per heavy atom. The van der Waals surface area contributed by atoms with Crippen molar-refractivity contribution in [3.05, 3.63) is 44.5 Å². The monoisotopic (exact) mass is 428 g/mol. The van der Waals surface area contributed by atoms with Crippen LogP contribution in [-0.4, -0.2) is 44.1 Å². The summed E-state index contributed by atoms with van der Waals surface area (Å²) in [7, 11) is 0. The van der Waals surface area contributed by atoms with Crippen molar-refractivity contribution in [1.29, 1.82) is 0 Å². The Bertz CT molecular complexity index is 1010. The first-order chi connectivity index (χ1) is 14.0. The number of nitrogens with one attached hydrogen (secondary N) is 1. The molecule has 1 saturated heterocycles. The fraction of sp³-hybridized carbons (Fsp3) is 0.450. The highest BCUT2D eigenvalue weighted by atomic mass is 32.1. The maximum atomic E-state index is 13.0. The molecule has 1 aliphatic rings. The Kier molecular flexibility index (Phi) is 5.86. The van der Waals surface area contributed by atoms with E-state index in [1.54, 1.807) is 11.3 Å². The van der Waals surface area contributed by atoms with Gasteiger partial charge in [0.05, 0.1) is 10.7 Å². The van der Waals surface area contributed by atoms with E-state index in [0.717, 1.165) is 63.0 Å². The highest BCUT2D eigenvalue weighted by Gasteiger charge is 2.28. The number of aryl methyl sites for hydroxylation is 3. The maximum absolute atomic E-state index is 13.0. The van der Waals surface area contributed by atoms with Crippen LogP contribution in [0.15, 0.2) is 18.2 Å². The molecule has 9 heteroatoms. The summed E-state index contributed by atoms with van der Waals surface area (Å²) in [5, 5.41) is 14.2. The molecule has 1 aliphatic heterocycles. The maximum Gasteiger partial charge on any atom is 0.265 e. The number of anilines is 2. The van der Waals surface area contributed by atoms with E-state index < -0.39 is 0 Å². The zero-order valence-corrected chi connectivity index (χ0v) is 18.4. The lowest BCUT2D eigenvalue weighted by Gasteiger charge is -2.32. The van der Waals surface area contributed by atoms with E-state index in [4.69, 9.17) is 4.98 Å². The number of piperidine rings is 1. The number of hydrogen-bond donors (Lipinski definition) is 1. The molecule has 4 rings (SSSR count). The van der Waals surface area contributed by atoms with Gasteiger partial charge in [-0.2, -0.15) is 0 Å². The number of amides is 1. The number of likely N-dealkylation sites (tertiary alicyclic amines) is 1. The van der Waals surface area contributed by atoms with Gasteiger partial charge in [-0.05, 0) is 45.2 Å². The SMILES string of the molecule is CCc1nnc(Nc2cccc([C@H]3CCCN(C(=O)c4sc(C)nc4C)C3)n2)s1. The Morgan fingerprint density at radius 2 is 2.10 bits per heavy atom. The van der Waals surface area contributed by atoms with Gasteiger partial charge in [0.15, 0.2) is 0 Å². The standard InChI is InChI=1S/C20H24N6OS2/c1-4-17-24-25-20(29-17)23-16-9-5-8-15(22-16)14-7-6-10-26(11-14)19(27)18-12(2)21-13(3)28-18/h5,8-9,14H,4,6-7,10-11H2,1-3H3,(H,22,23,25)/t14-/m0/s1. The molecule has 29 heavy (non-hydrogen) atoms. The first kappa shape index (κ1) is 19.9. The number of hydrogen-bond acceptors (Lipinski definition) is 8. The molecule has 0 bridgehead atoms. The largest absolute Gasteiger partial charge is 0.337 e. The van der Waals surface area contributed by atoms with Gasteiger partial charge in [0.25, 0.3) is 5.91 Å². The normalized spacial score (nSPS) is 16.8. The third kappa shape index (κ3) is 4.45. The highest BCUT2D eigenvalue weighted by Crippen LogP contribution is 2.29. The van der Waals surface area contributed by atoms with Gasteiger partial charge in [0.2, 0.25) is 5.13 Å². The van der Waals surface area contributed by atoms with Gasteiger partial charge in [-0.15, -0.1) is 21.5 Å². The summed E-state index contributed by atoms with van der Waals surface area (Å²) < 4.78 is 0. The van der Waals surface area contributed by atoms with Crippen molar-refractivity contribution in [3.63, 3.8) is 0 Å². The average molecular weight is 429 g/mol. The predicted octanol–water partition coefficient (Wildman–Crippen LogP) is 4.33. The molecule has 0 radical (unpaired) electrons. The molecular weight excluding hydrogens is 404 g/mol. The van der Waals surface area contributed by atoms with Crippen LogP contribution in [0.3, 0.4) is 0 Å². The van der Waals surface area contributed by atoms with E-state index >= 15 is 0 Å². The second kappa shape index (κ2) is 8.54. The molecule has 3 aromatic heterocycles. The van der Waals surface area contributed by atoms with Crippen molar-refractivity contribution < 1.29 is 4.79 Å². The number of aromatic nitrogens is 4. The molecule has 0 saturated carbocycles. The smallest absolute Gasteiger partial charge is 0.265 e. The summed E-state index contributed by atoms with van der Waals surface area (Å²) in [5.74, 6) is 1.08. The minimum Gasteiger partial charge on any atom is -0.337 e. The lowest BCUT2D eigenvalue weighted by molar-refractivity contribution is 0.0710. The minimum atomic E-state index is 0.0908. The molecule has 0 aromatic carbocycles. The molecule has 0 aliphatic carbocycles. The number of nitrogens with zero attached hydrogens (tertiary/aromatic N) is 5. The van der Waals surface area contributed by atoms with Crippen LogP contribution in [-0.2, 0) is 6.42 Å². The van der Waals surface area contributed by atoms with Crippen LogP contribution >= 0.6 is 22.7 Å². The summed E-state index contributed by atoms with van der Waals surface area (Å²) in [4.78, 5) is 24.9. The van der Waals surface area contributed by atoms with Crippen LogP contribution in [0.4, 0.5) is 10.9 Å². The zero-order valence-electron chi connectivity index (χ0n) is 16.8. The topological polar surface area (TPSA) is 83.9 Å². The van der Waals surface area contributed by atoms with E-state index in [0.29, 0.717) is 6.54 Å². The van der Waals surface area contributed by atoms with Crippen molar-refractivity contribution >= 4 is 39.5 Å². The number of carbonyl (C=O) groups is 1. The summed E-state index contributed by atoms with van der Waals surface area (Å²) in [6.45, 7) is 7.39. The van der Waals surface area contributed by atoms with E-state index in [2.05, 4.69) is 27.4 Å². The third-order valence-corrected chi connectivity index (χ3v) is 7.04. The summed E-state index contributed by atoms with van der Waals surface area (Å²) >= 11 is 3.02. The summed E-state index contributed by atoms with van der Waals surface area (Å²) in [5.41, 5.74) is 1.83. The lowest BCUT2D eigenvalue weighted by Crippen LogP contribution is -2.39. The quantitative estimate of drug-likeness (QED) is 0.651. The van der Waals surface area contributed by atoms with Gasteiger partial charge in [0, 0.05) is 24.7 Å². The van der Waals surface area contributed by atoms with Crippen molar-refractivity contribution in [1.82, 2.24) is 25.1 Å². The molecule has 1 fully saturated rings. The van der Waals surface area contributed by atoms with Crippen LogP contribution in [0, 0.1) is 13.8 Å². The number of carbonyl (C=O) groups excluding carboxylic acids is 1. The third-order valence-electron chi connectivity index (χ3n) is 5.00. The molecule has 1 amide bonds. The Hall–Kier alpha value is -2.39. The highest BCUT2D eigenvalue weighted by molar-refractivity contribution is 7.15. The molecule has 1 atom stereocenters. The molecular formula is C20H24N6OS2. The van der Waals surface area contributed by atoms with Gasteiger partial charge >= 0.3 is 0 Å². The van der Waals surface area contributed by atoms with Crippen LogP contribution < -0.4 is 5.32 Å². The van der Waals surface area contributed by atoms with Crippen molar-refractivity contribution in [2.24, 2.45) is 0 Å². The van der Waals surface area contributed by atoms with Gasteiger partial charge < -0.3 is 10.2 Å². The number of thiazole rings is 1. The van der Waals surface area contributed by atoms with E-state index in [-0.39, 0.29) is 11.8 Å². The van der Waals surface area contributed by atoms with Crippen LogP contribution in [0.1, 0.15) is 56.8 Å². The second-order valence-corrected chi connectivity index (χ2v) is 9.43. The number of rotatable bonds is 5. The van der Waals surface area contributed by atoms with Crippen LogP contribution in [0.2, 0.25) is 0 Å². The Balaban J connectivity index is 1.48. The minimum absolute atomic E-state index is 0.0908. The summed E-state index contributed by atoms with van der Waals surface area (Å²) in [6.07, 6.45) is 2.88. The summed E-state index contributed by atoms with van der Waals surface area (Å²) in [6, 6.07) is 5.99. The molecule has 3 aromatic rings. The van der Waals surface area contributed by atoms with Gasteiger partial charge in [-0.3, -0.25) is 4.79 Å². The average Bonchev–Trinajstić information content (AvgIpc) is 3.33. The van der Waals surface area contributed by atoms with Gasteiger partial charge in [-0.1, -0.05) is 24.3 Å². The fourth-order valence-corrected chi connectivity index (χ4v) is 5.16. The molecule has 7 nitrogen and oxygen atoms in total. The zero-order chi connectivity index (χ0) is 20.4. The van der Waals surface area contributed by atoms with Gasteiger partial charge in [0.1, 0.15) is 15.7 Å². The first-order valence-corrected chi connectivity index (χ1v) is 11.5. The Morgan fingerprint density at radius 1 is 1.24 bits per heavy atom. The molecule has 152 valence electrons. The van der Waals surface area contributed by atoms with Crippen molar-refractivity contribution in [3.8, 4) is 0 Å². The van der Waals surface area contributed by atoms with Gasteiger partial charge in [-0.25, -0.2) is 9.97 Å². The lowest BCUT2D eigenvalue weighted by atomic mass is 9.94. The van der Waals surface area contributed by atoms with E-state index in [1.165, 1.54) is 11.3 Å². The van der Waals surface area contributed by atoms with Crippen molar-refractivity contribution in [2.45, 2.75) is 46.0 Å². The first-order valence-electron chi connectivity index (χ1n) is 9.83. The van der Waals surface area contributed by atoms with E-state index in [9.17, 15) is 4.79 Å². The second-order valence-electron chi connectivity index (χ2n) is 7.16. The van der Waals surface area contributed by atoms with Crippen LogP contribution in [0.25, 0.3) is 0 Å². The number of pyridine rings is 1. The molecule has 0 spiro atoms. The van der Waals surface area contributed by atoms with Crippen molar-refractivity contribution in [2.75, 3.05) is 18.4 Å². The predicted molar refractivity (Wildman–Crippen MR) is 116 cm³/mol. The molecule has 1 N–H and O–H groups in total. The molecule has 0 unspecified atom stereocenters.